The van der Waals surface area contributed by atoms with Crippen molar-refractivity contribution in [2.75, 3.05) is 6.54 Å². The van der Waals surface area contributed by atoms with Gasteiger partial charge in [-0.25, -0.2) is 4.98 Å². The molecule has 6 nitrogen and oxygen atoms in total. The first kappa shape index (κ1) is 29.3. The number of unbranched alkanes of at least 4 members (excludes halogenated alkanes) is 2. The number of hydrogen-bond donors (Lipinski definition) is 1. The minimum atomic E-state index is 0.0834. The molecular weight excluding hydrogens is 508 g/mol. The summed E-state index contributed by atoms with van der Waals surface area (Å²) in [5.74, 6) is 1.38. The molecule has 1 aromatic heterocycles. The van der Waals surface area contributed by atoms with E-state index in [0.717, 1.165) is 79.4 Å². The molecule has 0 saturated heterocycles. The first-order valence-electron chi connectivity index (χ1n) is 16.2. The lowest BCUT2D eigenvalue weighted by Gasteiger charge is -2.42. The summed E-state index contributed by atoms with van der Waals surface area (Å²) in [5, 5.41) is 3.08. The number of imidazole rings is 1. The van der Waals surface area contributed by atoms with Crippen LogP contribution in [0.25, 0.3) is 11.0 Å². The molecule has 0 atom stereocenters. The lowest BCUT2D eigenvalue weighted by Crippen LogP contribution is -2.50. The number of benzene rings is 2. The number of rotatable bonds is 12. The molecule has 0 aliphatic heterocycles. The van der Waals surface area contributed by atoms with Gasteiger partial charge in [0.2, 0.25) is 11.8 Å². The fourth-order valence-corrected chi connectivity index (χ4v) is 6.99. The molecule has 0 radical (unpaired) electrons. The maximum Gasteiger partial charge on any atom is 0.243 e. The Balaban J connectivity index is 1.18. The van der Waals surface area contributed by atoms with Crippen LogP contribution in [0.5, 0.6) is 0 Å². The number of aryl methyl sites for hydroxylation is 2. The summed E-state index contributed by atoms with van der Waals surface area (Å²) in [6.07, 6.45) is 16.4. The summed E-state index contributed by atoms with van der Waals surface area (Å²) < 4.78 is 2.19. The summed E-state index contributed by atoms with van der Waals surface area (Å²) >= 11 is 0. The molecule has 0 bridgehead atoms. The van der Waals surface area contributed by atoms with Gasteiger partial charge in [-0.15, -0.1) is 0 Å². The van der Waals surface area contributed by atoms with Crippen LogP contribution in [0.4, 0.5) is 0 Å². The van der Waals surface area contributed by atoms with E-state index in [4.69, 9.17) is 4.98 Å². The predicted molar refractivity (Wildman–Crippen MR) is 166 cm³/mol. The van der Waals surface area contributed by atoms with Gasteiger partial charge in [-0.1, -0.05) is 81.3 Å². The number of fused-ring (bicyclic) bond motifs is 1. The van der Waals surface area contributed by atoms with E-state index in [-0.39, 0.29) is 11.8 Å². The van der Waals surface area contributed by atoms with Gasteiger partial charge in [0.15, 0.2) is 0 Å². The molecule has 2 aromatic carbocycles. The minimum Gasteiger partial charge on any atom is -0.356 e. The molecular formula is C35H48N4O2. The second kappa shape index (κ2) is 14.7. The van der Waals surface area contributed by atoms with E-state index < -0.39 is 0 Å². The third-order valence-corrected chi connectivity index (χ3v) is 9.26. The normalized spacial score (nSPS) is 16.6. The number of aromatic nitrogens is 2. The van der Waals surface area contributed by atoms with Crippen LogP contribution in [0.1, 0.15) is 100 Å². The first-order valence-corrected chi connectivity index (χ1v) is 16.2. The van der Waals surface area contributed by atoms with Crippen LogP contribution in [0.3, 0.4) is 0 Å². The molecule has 0 spiro atoms. The molecule has 220 valence electrons. The van der Waals surface area contributed by atoms with Crippen LogP contribution in [-0.2, 0) is 29.0 Å². The number of nitrogens with zero attached hydrogens (tertiary/aromatic N) is 3. The molecule has 41 heavy (non-hydrogen) atoms. The summed E-state index contributed by atoms with van der Waals surface area (Å²) in [6.45, 7) is 3.13. The Morgan fingerprint density at radius 3 is 2.22 bits per heavy atom. The van der Waals surface area contributed by atoms with E-state index in [1.807, 2.05) is 37.3 Å². The van der Waals surface area contributed by atoms with E-state index in [2.05, 4.69) is 33.0 Å². The van der Waals surface area contributed by atoms with E-state index in [1.165, 1.54) is 38.5 Å². The monoisotopic (exact) mass is 556 g/mol. The van der Waals surface area contributed by atoms with Gasteiger partial charge >= 0.3 is 0 Å². The fourth-order valence-electron chi connectivity index (χ4n) is 6.99. The van der Waals surface area contributed by atoms with Gasteiger partial charge in [0.05, 0.1) is 17.5 Å². The van der Waals surface area contributed by atoms with Gasteiger partial charge in [-0.2, -0.15) is 0 Å². The van der Waals surface area contributed by atoms with Gasteiger partial charge in [0.25, 0.3) is 0 Å². The zero-order valence-corrected chi connectivity index (χ0v) is 25.0. The van der Waals surface area contributed by atoms with E-state index in [9.17, 15) is 9.59 Å². The van der Waals surface area contributed by atoms with Crippen LogP contribution < -0.4 is 5.32 Å². The van der Waals surface area contributed by atoms with Crippen LogP contribution >= 0.6 is 0 Å². The highest BCUT2D eigenvalue weighted by molar-refractivity contribution is 5.81. The zero-order chi connectivity index (χ0) is 28.4. The number of carbonyl (C=O) groups is 2. The molecule has 1 heterocycles. The second-order valence-corrected chi connectivity index (χ2v) is 12.3. The third-order valence-electron chi connectivity index (χ3n) is 9.26. The average molecular weight is 557 g/mol. The highest BCUT2D eigenvalue weighted by Crippen LogP contribution is 2.31. The van der Waals surface area contributed by atoms with Crippen molar-refractivity contribution in [3.8, 4) is 0 Å². The van der Waals surface area contributed by atoms with Crippen molar-refractivity contribution in [3.05, 3.63) is 65.5 Å². The highest BCUT2D eigenvalue weighted by Gasteiger charge is 2.33. The first-order chi connectivity index (χ1) is 20.1. The number of carbonyl (C=O) groups excluding carboxylic acids is 2. The summed E-state index contributed by atoms with van der Waals surface area (Å²) in [6, 6.07) is 17.1. The maximum absolute atomic E-state index is 14.1. The van der Waals surface area contributed by atoms with Crippen molar-refractivity contribution in [2.45, 2.75) is 122 Å². The van der Waals surface area contributed by atoms with Crippen molar-refractivity contribution >= 4 is 22.8 Å². The van der Waals surface area contributed by atoms with Crippen LogP contribution in [-0.4, -0.2) is 44.9 Å². The van der Waals surface area contributed by atoms with Crippen LogP contribution in [0.2, 0.25) is 0 Å². The lowest BCUT2D eigenvalue weighted by molar-refractivity contribution is -0.138. The van der Waals surface area contributed by atoms with Gasteiger partial charge < -0.3 is 14.8 Å². The number of amides is 2. The Morgan fingerprint density at radius 1 is 0.854 bits per heavy atom. The molecule has 1 N–H and O–H groups in total. The molecule has 0 unspecified atom stereocenters. The molecule has 6 heteroatoms. The van der Waals surface area contributed by atoms with Crippen LogP contribution in [0.15, 0.2) is 48.5 Å². The zero-order valence-electron chi connectivity index (χ0n) is 25.0. The molecule has 2 aliphatic carbocycles. The summed E-state index contributed by atoms with van der Waals surface area (Å²) in [7, 11) is 0. The molecule has 2 saturated carbocycles. The third kappa shape index (κ3) is 7.78. The molecule has 5 rings (SSSR count). The smallest absolute Gasteiger partial charge is 0.243 e. The number of para-hydroxylation sites is 2. The Labute approximate surface area is 245 Å². The van der Waals surface area contributed by atoms with Crippen molar-refractivity contribution < 1.29 is 9.59 Å². The number of hydrogen-bond acceptors (Lipinski definition) is 3. The minimum absolute atomic E-state index is 0.0834. The van der Waals surface area contributed by atoms with E-state index in [0.29, 0.717) is 31.6 Å². The van der Waals surface area contributed by atoms with Gasteiger partial charge in [0, 0.05) is 25.0 Å². The van der Waals surface area contributed by atoms with Crippen molar-refractivity contribution in [1.29, 1.82) is 0 Å². The maximum atomic E-state index is 14.1. The van der Waals surface area contributed by atoms with Gasteiger partial charge in [-0.05, 0) is 68.7 Å². The summed E-state index contributed by atoms with van der Waals surface area (Å²) in [5.41, 5.74) is 4.28. The van der Waals surface area contributed by atoms with Gasteiger partial charge in [-0.3, -0.25) is 9.59 Å². The number of nitrogens with one attached hydrogen (secondary N) is 1. The van der Waals surface area contributed by atoms with E-state index in [1.54, 1.807) is 0 Å². The fraction of sp³-hybridized carbons (Fsp3) is 0.571. The average Bonchev–Trinajstić information content (AvgIpc) is 3.34. The quantitative estimate of drug-likeness (QED) is 0.247. The van der Waals surface area contributed by atoms with Crippen molar-refractivity contribution in [2.24, 2.45) is 0 Å². The Kier molecular flexibility index (Phi) is 10.5. The lowest BCUT2D eigenvalue weighted by atomic mass is 9.88. The molecule has 2 amide bonds. The SMILES string of the molecule is Cc1ccccc1CC(=O)NCCCCCc1nc2ccccc2n1CC(=O)N(C1CCCCC1)C1CCCCC1. The van der Waals surface area contributed by atoms with Gasteiger partial charge in [0.1, 0.15) is 12.4 Å². The van der Waals surface area contributed by atoms with Crippen LogP contribution in [0, 0.1) is 6.92 Å². The molecule has 2 fully saturated rings. The highest BCUT2D eigenvalue weighted by atomic mass is 16.2. The second-order valence-electron chi connectivity index (χ2n) is 12.3. The Bertz CT molecular complexity index is 1270. The largest absolute Gasteiger partial charge is 0.356 e. The molecule has 3 aromatic rings. The topological polar surface area (TPSA) is 67.2 Å². The molecule has 2 aliphatic rings. The van der Waals surface area contributed by atoms with Crippen molar-refractivity contribution in [3.63, 3.8) is 0 Å². The Hall–Kier alpha value is -3.15. The predicted octanol–water partition coefficient (Wildman–Crippen LogP) is 6.91. The van der Waals surface area contributed by atoms with Crippen molar-refractivity contribution in [1.82, 2.24) is 19.8 Å². The Morgan fingerprint density at radius 2 is 1.51 bits per heavy atom. The standard InChI is InChI=1S/C35H48N4O2/c1-27-15-10-11-16-28(27)25-34(40)36-24-14-4-9-23-33-37-31-21-12-13-22-32(31)38(33)26-35(41)39(29-17-5-2-6-18-29)30-19-7-3-8-20-30/h10-13,15-16,21-22,29-30H,2-9,14,17-20,23-26H2,1H3,(H,36,40). The summed E-state index contributed by atoms with van der Waals surface area (Å²) in [4.78, 5) is 33.8. The van der Waals surface area contributed by atoms with E-state index >= 15 is 0 Å².